The molecule has 0 aliphatic carbocycles. The van der Waals surface area contributed by atoms with Gasteiger partial charge in [0.05, 0.1) is 6.10 Å². The van der Waals surface area contributed by atoms with E-state index in [9.17, 15) is 5.11 Å². The predicted molar refractivity (Wildman–Crippen MR) is 63.5 cm³/mol. The zero-order valence-electron chi connectivity index (χ0n) is 8.74. The Balaban J connectivity index is 2.57. The Hall–Kier alpha value is -0.880. The summed E-state index contributed by atoms with van der Waals surface area (Å²) >= 11 is 3.22. The smallest absolute Gasteiger partial charge is 0.225 e. The number of nitrogens with zero attached hydrogens (tertiary/aromatic N) is 2. The van der Waals surface area contributed by atoms with Gasteiger partial charge in [-0.2, -0.15) is 4.98 Å². The third-order valence-corrected chi connectivity index (χ3v) is 2.36. The van der Waals surface area contributed by atoms with Gasteiger partial charge in [0, 0.05) is 12.6 Å². The van der Waals surface area contributed by atoms with Crippen molar-refractivity contribution in [2.24, 2.45) is 5.92 Å². The van der Waals surface area contributed by atoms with Crippen LogP contribution in [0.4, 0.5) is 11.8 Å². The van der Waals surface area contributed by atoms with Gasteiger partial charge in [0.1, 0.15) is 10.4 Å². The molecule has 15 heavy (non-hydrogen) atoms. The first kappa shape index (κ1) is 12.2. The second-order valence-electron chi connectivity index (χ2n) is 3.63. The average molecular weight is 275 g/mol. The SMILES string of the molecule is CC(C)C(O)CNc1nc(N)cc(Br)n1. The highest BCUT2D eigenvalue weighted by atomic mass is 79.9. The Kier molecular flexibility index (Phi) is 4.28. The first-order valence-corrected chi connectivity index (χ1v) is 5.50. The fourth-order valence-corrected chi connectivity index (χ4v) is 1.35. The molecule has 0 saturated heterocycles. The summed E-state index contributed by atoms with van der Waals surface area (Å²) in [5.74, 6) is 1.00. The fraction of sp³-hybridized carbons (Fsp3) is 0.556. The van der Waals surface area contributed by atoms with Crippen molar-refractivity contribution in [2.45, 2.75) is 20.0 Å². The molecule has 84 valence electrons. The van der Waals surface area contributed by atoms with Crippen molar-refractivity contribution < 1.29 is 5.11 Å². The molecule has 0 aliphatic rings. The summed E-state index contributed by atoms with van der Waals surface area (Å²) < 4.78 is 0.622. The molecule has 5 nitrogen and oxygen atoms in total. The molecule has 1 aromatic rings. The third-order valence-electron chi connectivity index (χ3n) is 1.95. The number of nitrogens with two attached hydrogens (primary N) is 1. The number of hydrogen-bond donors (Lipinski definition) is 3. The molecular formula is C9H15BrN4O. The minimum absolute atomic E-state index is 0.196. The normalized spacial score (nSPS) is 12.9. The maximum atomic E-state index is 9.57. The molecule has 6 heteroatoms. The fourth-order valence-electron chi connectivity index (χ4n) is 0.946. The van der Waals surface area contributed by atoms with Gasteiger partial charge in [0.25, 0.3) is 0 Å². The molecule has 1 atom stereocenters. The molecule has 0 aliphatic heterocycles. The van der Waals surface area contributed by atoms with E-state index in [-0.39, 0.29) is 5.92 Å². The molecule has 1 rings (SSSR count). The van der Waals surface area contributed by atoms with Gasteiger partial charge in [-0.15, -0.1) is 0 Å². The molecule has 0 aromatic carbocycles. The second kappa shape index (κ2) is 5.27. The highest BCUT2D eigenvalue weighted by molar-refractivity contribution is 9.10. The van der Waals surface area contributed by atoms with Crippen molar-refractivity contribution >= 4 is 27.7 Å². The molecule has 1 heterocycles. The molecule has 4 N–H and O–H groups in total. The van der Waals surface area contributed by atoms with Gasteiger partial charge in [-0.05, 0) is 21.8 Å². The van der Waals surface area contributed by atoms with Crippen molar-refractivity contribution in [2.75, 3.05) is 17.6 Å². The number of nitrogens with one attached hydrogen (secondary N) is 1. The van der Waals surface area contributed by atoms with E-state index in [1.54, 1.807) is 6.07 Å². The van der Waals surface area contributed by atoms with E-state index in [1.165, 1.54) is 0 Å². The van der Waals surface area contributed by atoms with Crippen LogP contribution in [-0.4, -0.2) is 27.7 Å². The van der Waals surface area contributed by atoms with E-state index in [0.717, 1.165) is 0 Å². The van der Waals surface area contributed by atoms with Gasteiger partial charge in [-0.1, -0.05) is 13.8 Å². The zero-order chi connectivity index (χ0) is 11.4. The van der Waals surface area contributed by atoms with Crippen LogP contribution >= 0.6 is 15.9 Å². The van der Waals surface area contributed by atoms with Crippen LogP contribution in [0.3, 0.4) is 0 Å². The highest BCUT2D eigenvalue weighted by Crippen LogP contribution is 2.12. The van der Waals surface area contributed by atoms with Crippen LogP contribution in [0.1, 0.15) is 13.8 Å². The van der Waals surface area contributed by atoms with E-state index < -0.39 is 6.10 Å². The summed E-state index contributed by atoms with van der Waals surface area (Å²) in [6.45, 7) is 4.30. The number of anilines is 2. The van der Waals surface area contributed by atoms with Crippen LogP contribution in [-0.2, 0) is 0 Å². The second-order valence-corrected chi connectivity index (χ2v) is 4.44. The first-order chi connectivity index (χ1) is 6.99. The first-order valence-electron chi connectivity index (χ1n) is 4.71. The molecule has 1 aromatic heterocycles. The number of aromatic nitrogens is 2. The van der Waals surface area contributed by atoms with Crippen LogP contribution in [0.5, 0.6) is 0 Å². The van der Waals surface area contributed by atoms with Crippen molar-refractivity contribution in [1.29, 1.82) is 0 Å². The average Bonchev–Trinajstić information content (AvgIpc) is 2.12. The monoisotopic (exact) mass is 274 g/mol. The molecule has 0 fully saturated rings. The third kappa shape index (κ3) is 4.01. The Bertz CT molecular complexity index is 312. The number of aliphatic hydroxyl groups is 1. The van der Waals surface area contributed by atoms with Crippen molar-refractivity contribution in [1.82, 2.24) is 9.97 Å². The topological polar surface area (TPSA) is 84.1 Å². The standard InChI is InChI=1S/C9H15BrN4O/c1-5(2)6(15)4-12-9-13-7(10)3-8(11)14-9/h3,5-6,15H,4H2,1-2H3,(H3,11,12,13,14). The van der Waals surface area contributed by atoms with Gasteiger partial charge in [0.2, 0.25) is 5.95 Å². The Morgan fingerprint density at radius 2 is 2.20 bits per heavy atom. The highest BCUT2D eigenvalue weighted by Gasteiger charge is 2.09. The lowest BCUT2D eigenvalue weighted by atomic mass is 10.1. The minimum atomic E-state index is -0.422. The number of nitrogen functional groups attached to an aromatic ring is 1. The van der Waals surface area contributed by atoms with E-state index in [4.69, 9.17) is 5.73 Å². The molecule has 0 spiro atoms. The number of rotatable bonds is 4. The lowest BCUT2D eigenvalue weighted by molar-refractivity contribution is 0.137. The molecule has 0 saturated carbocycles. The number of hydrogen-bond acceptors (Lipinski definition) is 5. The predicted octanol–water partition coefficient (Wildman–Crippen LogP) is 1.25. The van der Waals surface area contributed by atoms with Crippen molar-refractivity contribution in [3.8, 4) is 0 Å². The number of aliphatic hydroxyl groups excluding tert-OH is 1. The maximum Gasteiger partial charge on any atom is 0.225 e. The summed E-state index contributed by atoms with van der Waals surface area (Å²) in [5, 5.41) is 12.5. The van der Waals surface area contributed by atoms with Crippen molar-refractivity contribution in [3.05, 3.63) is 10.7 Å². The van der Waals surface area contributed by atoms with Gasteiger partial charge in [-0.25, -0.2) is 4.98 Å². The summed E-state index contributed by atoms with van der Waals surface area (Å²) in [7, 11) is 0. The van der Waals surface area contributed by atoms with Gasteiger partial charge in [0.15, 0.2) is 0 Å². The summed E-state index contributed by atoms with van der Waals surface area (Å²) in [6.07, 6.45) is -0.422. The Morgan fingerprint density at radius 1 is 1.53 bits per heavy atom. The lowest BCUT2D eigenvalue weighted by Crippen LogP contribution is -2.25. The van der Waals surface area contributed by atoms with Gasteiger partial charge in [-0.3, -0.25) is 0 Å². The number of halogens is 1. The largest absolute Gasteiger partial charge is 0.391 e. The molecule has 1 unspecified atom stereocenters. The van der Waals surface area contributed by atoms with Crippen LogP contribution in [0.25, 0.3) is 0 Å². The minimum Gasteiger partial charge on any atom is -0.391 e. The molecular weight excluding hydrogens is 260 g/mol. The van der Waals surface area contributed by atoms with Crippen LogP contribution < -0.4 is 11.1 Å². The van der Waals surface area contributed by atoms with E-state index >= 15 is 0 Å². The van der Waals surface area contributed by atoms with E-state index in [2.05, 4.69) is 31.2 Å². The zero-order valence-corrected chi connectivity index (χ0v) is 10.3. The summed E-state index contributed by atoms with van der Waals surface area (Å²) in [5.41, 5.74) is 5.54. The van der Waals surface area contributed by atoms with Crippen LogP contribution in [0, 0.1) is 5.92 Å². The van der Waals surface area contributed by atoms with Crippen LogP contribution in [0.15, 0.2) is 10.7 Å². The Morgan fingerprint density at radius 3 is 2.73 bits per heavy atom. The van der Waals surface area contributed by atoms with E-state index in [1.807, 2.05) is 13.8 Å². The van der Waals surface area contributed by atoms with Crippen molar-refractivity contribution in [3.63, 3.8) is 0 Å². The summed E-state index contributed by atoms with van der Waals surface area (Å²) in [4.78, 5) is 8.05. The molecule has 0 amide bonds. The molecule has 0 radical (unpaired) electrons. The van der Waals surface area contributed by atoms with E-state index in [0.29, 0.717) is 22.9 Å². The lowest BCUT2D eigenvalue weighted by Gasteiger charge is -2.15. The quantitative estimate of drug-likeness (QED) is 0.720. The van der Waals surface area contributed by atoms with Gasteiger partial charge < -0.3 is 16.2 Å². The Labute approximate surface area is 97.2 Å². The van der Waals surface area contributed by atoms with Gasteiger partial charge >= 0.3 is 0 Å². The maximum absolute atomic E-state index is 9.57. The summed E-state index contributed by atoms with van der Waals surface area (Å²) in [6, 6.07) is 1.62. The van der Waals surface area contributed by atoms with Crippen LogP contribution in [0.2, 0.25) is 0 Å². The molecule has 0 bridgehead atoms.